The first-order valence-electron chi connectivity index (χ1n) is 5.71. The third-order valence-electron chi connectivity index (χ3n) is 2.26. The molecule has 0 saturated carbocycles. The molecule has 98 valence electrons. The molecular formula is C13H12ClN3O2. The van der Waals surface area contributed by atoms with Crippen molar-refractivity contribution in [2.75, 3.05) is 11.9 Å². The van der Waals surface area contributed by atoms with Gasteiger partial charge in [-0.3, -0.25) is 9.78 Å². The van der Waals surface area contributed by atoms with Gasteiger partial charge >= 0.3 is 0 Å². The van der Waals surface area contributed by atoms with Crippen LogP contribution in [-0.4, -0.2) is 22.5 Å². The quantitative estimate of drug-likeness (QED) is 0.933. The minimum atomic E-state index is -0.364. The summed E-state index contributed by atoms with van der Waals surface area (Å²) in [6, 6.07) is 6.52. The number of ether oxygens (including phenoxy) is 1. The molecule has 2 heterocycles. The second-order valence-corrected chi connectivity index (χ2v) is 4.04. The Hall–Kier alpha value is -2.14. The van der Waals surface area contributed by atoms with Crippen LogP contribution < -0.4 is 10.1 Å². The van der Waals surface area contributed by atoms with Gasteiger partial charge in [-0.1, -0.05) is 11.6 Å². The van der Waals surface area contributed by atoms with E-state index in [2.05, 4.69) is 15.3 Å². The van der Waals surface area contributed by atoms with E-state index >= 15 is 0 Å². The average Bonchev–Trinajstić information content (AvgIpc) is 2.41. The first-order chi connectivity index (χ1) is 9.20. The Morgan fingerprint density at radius 3 is 2.95 bits per heavy atom. The average molecular weight is 278 g/mol. The zero-order valence-corrected chi connectivity index (χ0v) is 11.0. The predicted octanol–water partition coefficient (Wildman–Crippen LogP) is 2.78. The Morgan fingerprint density at radius 1 is 1.37 bits per heavy atom. The van der Waals surface area contributed by atoms with Gasteiger partial charge in [-0.05, 0) is 31.2 Å². The normalized spacial score (nSPS) is 10.0. The number of hydrogen-bond acceptors (Lipinski definition) is 4. The van der Waals surface area contributed by atoms with Gasteiger partial charge in [-0.25, -0.2) is 4.98 Å². The molecule has 0 aliphatic heterocycles. The maximum atomic E-state index is 12.0. The molecule has 0 saturated heterocycles. The molecule has 1 N–H and O–H groups in total. The van der Waals surface area contributed by atoms with E-state index in [4.69, 9.17) is 16.3 Å². The Morgan fingerprint density at radius 2 is 2.21 bits per heavy atom. The lowest BCUT2D eigenvalue weighted by Gasteiger charge is -2.09. The molecule has 2 aromatic rings. The predicted molar refractivity (Wildman–Crippen MR) is 72.6 cm³/mol. The largest absolute Gasteiger partial charge is 0.476 e. The summed E-state index contributed by atoms with van der Waals surface area (Å²) >= 11 is 5.82. The maximum absolute atomic E-state index is 12.0. The van der Waals surface area contributed by atoms with Crippen LogP contribution in [-0.2, 0) is 0 Å². The summed E-state index contributed by atoms with van der Waals surface area (Å²) in [4.78, 5) is 20.0. The van der Waals surface area contributed by atoms with Crippen LogP contribution in [0.4, 0.5) is 5.69 Å². The number of carbonyl (C=O) groups is 1. The zero-order chi connectivity index (χ0) is 13.7. The summed E-state index contributed by atoms with van der Waals surface area (Å²) in [7, 11) is 0. The molecule has 1 amide bonds. The van der Waals surface area contributed by atoms with E-state index in [1.165, 1.54) is 12.3 Å². The molecule has 19 heavy (non-hydrogen) atoms. The number of aromatic nitrogens is 2. The smallest absolute Gasteiger partial charge is 0.274 e. The third kappa shape index (κ3) is 3.42. The van der Waals surface area contributed by atoms with Gasteiger partial charge in [0.25, 0.3) is 5.91 Å². The minimum absolute atomic E-state index is 0.235. The van der Waals surface area contributed by atoms with Gasteiger partial charge in [0.15, 0.2) is 0 Å². The van der Waals surface area contributed by atoms with Crippen molar-refractivity contribution in [2.24, 2.45) is 0 Å². The molecule has 5 nitrogen and oxygen atoms in total. The van der Waals surface area contributed by atoms with Gasteiger partial charge < -0.3 is 10.1 Å². The number of carbonyl (C=O) groups excluding carboxylic acids is 1. The standard InChI is InChI=1S/C13H12ClN3O2/c1-2-19-13-10(4-3-6-16-13)17-12(18)11-8-9(14)5-7-15-11/h3-8H,2H2,1H3,(H,17,18). The Bertz CT molecular complexity index is 590. The fraction of sp³-hybridized carbons (Fsp3) is 0.154. The highest BCUT2D eigenvalue weighted by Crippen LogP contribution is 2.21. The van der Waals surface area contributed by atoms with E-state index in [0.29, 0.717) is 23.2 Å². The van der Waals surface area contributed by atoms with Crippen LogP contribution in [0, 0.1) is 0 Å². The van der Waals surface area contributed by atoms with Crippen molar-refractivity contribution in [3.63, 3.8) is 0 Å². The fourth-order valence-electron chi connectivity index (χ4n) is 1.45. The number of hydrogen-bond donors (Lipinski definition) is 1. The number of anilines is 1. The number of halogens is 1. The molecule has 0 unspecified atom stereocenters. The Labute approximate surface area is 115 Å². The summed E-state index contributed by atoms with van der Waals surface area (Å²) in [5, 5.41) is 3.15. The van der Waals surface area contributed by atoms with Crippen molar-refractivity contribution >= 4 is 23.2 Å². The number of pyridine rings is 2. The summed E-state index contributed by atoms with van der Waals surface area (Å²) in [6.07, 6.45) is 3.07. The summed E-state index contributed by atoms with van der Waals surface area (Å²) < 4.78 is 5.33. The number of rotatable bonds is 4. The zero-order valence-electron chi connectivity index (χ0n) is 10.3. The van der Waals surface area contributed by atoms with Gasteiger partial charge in [-0.2, -0.15) is 0 Å². The molecule has 2 aromatic heterocycles. The molecule has 0 aliphatic carbocycles. The molecule has 2 rings (SSSR count). The molecule has 0 aliphatic rings. The highest BCUT2D eigenvalue weighted by molar-refractivity contribution is 6.30. The van der Waals surface area contributed by atoms with Crippen LogP contribution in [0.1, 0.15) is 17.4 Å². The molecule has 6 heteroatoms. The third-order valence-corrected chi connectivity index (χ3v) is 2.49. The van der Waals surface area contributed by atoms with Gasteiger partial charge in [0, 0.05) is 17.4 Å². The highest BCUT2D eigenvalue weighted by Gasteiger charge is 2.11. The van der Waals surface area contributed by atoms with Crippen LogP contribution in [0.2, 0.25) is 5.02 Å². The SMILES string of the molecule is CCOc1ncccc1NC(=O)c1cc(Cl)ccn1. The summed E-state index contributed by atoms with van der Waals surface area (Å²) in [5.41, 5.74) is 0.731. The van der Waals surface area contributed by atoms with Crippen molar-refractivity contribution in [1.29, 1.82) is 0 Å². The molecule has 0 spiro atoms. The lowest BCUT2D eigenvalue weighted by molar-refractivity contribution is 0.102. The highest BCUT2D eigenvalue weighted by atomic mass is 35.5. The van der Waals surface area contributed by atoms with Crippen LogP contribution in [0.3, 0.4) is 0 Å². The van der Waals surface area contributed by atoms with Crippen LogP contribution in [0.15, 0.2) is 36.7 Å². The van der Waals surface area contributed by atoms with Crippen LogP contribution >= 0.6 is 11.6 Å². The van der Waals surface area contributed by atoms with E-state index in [1.54, 1.807) is 24.4 Å². The summed E-state index contributed by atoms with van der Waals surface area (Å²) in [5.74, 6) is 0.0110. The Kier molecular flexibility index (Phi) is 4.30. The molecular weight excluding hydrogens is 266 g/mol. The van der Waals surface area contributed by atoms with Gasteiger partial charge in [0.05, 0.1) is 6.61 Å². The monoisotopic (exact) mass is 277 g/mol. The van der Waals surface area contributed by atoms with Crippen molar-refractivity contribution in [1.82, 2.24) is 9.97 Å². The van der Waals surface area contributed by atoms with Crippen molar-refractivity contribution < 1.29 is 9.53 Å². The second-order valence-electron chi connectivity index (χ2n) is 3.60. The topological polar surface area (TPSA) is 64.1 Å². The van der Waals surface area contributed by atoms with Crippen molar-refractivity contribution in [3.8, 4) is 5.88 Å². The minimum Gasteiger partial charge on any atom is -0.476 e. The molecule has 0 bridgehead atoms. The summed E-state index contributed by atoms with van der Waals surface area (Å²) in [6.45, 7) is 2.31. The van der Waals surface area contributed by atoms with Gasteiger partial charge in [-0.15, -0.1) is 0 Å². The number of nitrogens with one attached hydrogen (secondary N) is 1. The fourth-order valence-corrected chi connectivity index (χ4v) is 1.61. The van der Waals surface area contributed by atoms with E-state index in [9.17, 15) is 4.79 Å². The lowest BCUT2D eigenvalue weighted by atomic mass is 10.3. The second kappa shape index (κ2) is 6.15. The van der Waals surface area contributed by atoms with Gasteiger partial charge in [0.1, 0.15) is 11.4 Å². The molecule has 0 radical (unpaired) electrons. The van der Waals surface area contributed by atoms with Crippen molar-refractivity contribution in [2.45, 2.75) is 6.92 Å². The van der Waals surface area contributed by atoms with E-state index in [0.717, 1.165) is 0 Å². The van der Waals surface area contributed by atoms with Crippen LogP contribution in [0.25, 0.3) is 0 Å². The molecule has 0 aromatic carbocycles. The Balaban J connectivity index is 2.19. The number of nitrogens with zero attached hydrogens (tertiary/aromatic N) is 2. The molecule has 0 atom stereocenters. The lowest BCUT2D eigenvalue weighted by Crippen LogP contribution is -2.14. The van der Waals surface area contributed by atoms with Gasteiger partial charge in [0.2, 0.25) is 5.88 Å². The first-order valence-corrected chi connectivity index (χ1v) is 6.09. The van der Waals surface area contributed by atoms with Crippen LogP contribution in [0.5, 0.6) is 5.88 Å². The van der Waals surface area contributed by atoms with E-state index in [-0.39, 0.29) is 11.6 Å². The number of amides is 1. The first kappa shape index (κ1) is 13.3. The maximum Gasteiger partial charge on any atom is 0.274 e. The van der Waals surface area contributed by atoms with Crippen molar-refractivity contribution in [3.05, 3.63) is 47.4 Å². The van der Waals surface area contributed by atoms with E-state index < -0.39 is 0 Å². The van der Waals surface area contributed by atoms with E-state index in [1.807, 2.05) is 6.92 Å². The molecule has 0 fully saturated rings.